The van der Waals surface area contributed by atoms with Crippen LogP contribution in [-0.2, 0) is 9.53 Å². The van der Waals surface area contributed by atoms with E-state index < -0.39 is 0 Å². The van der Waals surface area contributed by atoms with Crippen LogP contribution < -0.4 is 0 Å². The molecular formula is C12H20O2S. The largest absolute Gasteiger partial charge is 0.466 e. The van der Waals surface area contributed by atoms with Gasteiger partial charge >= 0.3 is 5.97 Å². The zero-order chi connectivity index (χ0) is 11.5. The van der Waals surface area contributed by atoms with Gasteiger partial charge in [-0.3, -0.25) is 0 Å². The Bertz CT molecular complexity index is 222. The van der Waals surface area contributed by atoms with E-state index in [9.17, 15) is 4.79 Å². The van der Waals surface area contributed by atoms with E-state index in [4.69, 9.17) is 0 Å². The maximum atomic E-state index is 11.3. The fourth-order valence-corrected chi connectivity index (χ4v) is 1.94. The van der Waals surface area contributed by atoms with E-state index >= 15 is 0 Å². The van der Waals surface area contributed by atoms with Gasteiger partial charge in [0.1, 0.15) is 0 Å². The van der Waals surface area contributed by atoms with Crippen LogP contribution in [0.1, 0.15) is 32.6 Å². The third-order valence-electron chi connectivity index (χ3n) is 1.90. The van der Waals surface area contributed by atoms with Crippen molar-refractivity contribution in [2.24, 2.45) is 0 Å². The highest BCUT2D eigenvalue weighted by Gasteiger charge is 2.06. The van der Waals surface area contributed by atoms with Crippen LogP contribution in [-0.4, -0.2) is 18.8 Å². The summed E-state index contributed by atoms with van der Waals surface area (Å²) in [5.41, 5.74) is 0.689. The molecule has 0 saturated heterocycles. The second-order valence-corrected chi connectivity index (χ2v) is 4.18. The predicted molar refractivity (Wildman–Crippen MR) is 66.9 cm³/mol. The van der Waals surface area contributed by atoms with Crippen molar-refractivity contribution in [2.45, 2.75) is 32.6 Å². The van der Waals surface area contributed by atoms with E-state index in [1.54, 1.807) is 17.8 Å². The second-order valence-electron chi connectivity index (χ2n) is 3.21. The zero-order valence-electron chi connectivity index (χ0n) is 9.62. The average Bonchev–Trinajstić information content (AvgIpc) is 2.26. The number of hydrogen-bond acceptors (Lipinski definition) is 3. The van der Waals surface area contributed by atoms with Gasteiger partial charge in [0.25, 0.3) is 0 Å². The van der Waals surface area contributed by atoms with Gasteiger partial charge in [-0.1, -0.05) is 25.8 Å². The Hall–Kier alpha value is -0.700. The third-order valence-corrected chi connectivity index (χ3v) is 2.88. The van der Waals surface area contributed by atoms with Gasteiger partial charge in [-0.25, -0.2) is 4.79 Å². The van der Waals surface area contributed by atoms with Gasteiger partial charge in [-0.15, -0.1) is 18.3 Å². The van der Waals surface area contributed by atoms with Crippen LogP contribution in [0.4, 0.5) is 0 Å². The molecule has 0 fully saturated rings. The van der Waals surface area contributed by atoms with Crippen LogP contribution in [0.3, 0.4) is 0 Å². The van der Waals surface area contributed by atoms with Gasteiger partial charge in [0.15, 0.2) is 0 Å². The quantitative estimate of drug-likeness (QED) is 0.275. The Morgan fingerprint density at radius 1 is 1.47 bits per heavy atom. The van der Waals surface area contributed by atoms with Gasteiger partial charge in [0.2, 0.25) is 0 Å². The monoisotopic (exact) mass is 228 g/mol. The number of methoxy groups -OCH3 is 1. The molecule has 0 saturated carbocycles. The molecule has 0 spiro atoms. The molecule has 0 aromatic rings. The highest BCUT2D eigenvalue weighted by molar-refractivity contribution is 8.02. The fourth-order valence-electron chi connectivity index (χ4n) is 1.06. The molecule has 0 N–H and O–H groups in total. The lowest BCUT2D eigenvalue weighted by molar-refractivity contribution is -0.136. The molecule has 0 amide bonds. The van der Waals surface area contributed by atoms with Crippen molar-refractivity contribution in [3.63, 3.8) is 0 Å². The van der Waals surface area contributed by atoms with Crippen molar-refractivity contribution >= 4 is 17.7 Å². The molecule has 86 valence electrons. The van der Waals surface area contributed by atoms with Crippen LogP contribution in [0, 0.1) is 0 Å². The van der Waals surface area contributed by atoms with Crippen molar-refractivity contribution in [1.82, 2.24) is 0 Å². The summed E-state index contributed by atoms with van der Waals surface area (Å²) >= 11 is 1.67. The highest BCUT2D eigenvalue weighted by atomic mass is 32.2. The number of allylic oxidation sites excluding steroid dienone is 1. The van der Waals surface area contributed by atoms with Crippen molar-refractivity contribution < 1.29 is 9.53 Å². The first kappa shape index (κ1) is 14.3. The molecule has 0 aliphatic heterocycles. The molecule has 0 aromatic heterocycles. The molecule has 3 heteroatoms. The minimum Gasteiger partial charge on any atom is -0.466 e. The van der Waals surface area contributed by atoms with Gasteiger partial charge in [0, 0.05) is 5.57 Å². The molecule has 0 radical (unpaired) electrons. The standard InChI is InChI=1S/C12H20O2S/c1-4-6-7-9-15-10-11(8-5-2)12(13)14-3/h5,10H,2,4,6-9H2,1,3H3/b11-10+. The maximum Gasteiger partial charge on any atom is 0.334 e. The van der Waals surface area contributed by atoms with Gasteiger partial charge < -0.3 is 4.74 Å². The smallest absolute Gasteiger partial charge is 0.334 e. The molecule has 0 aromatic carbocycles. The fraction of sp³-hybridized carbons (Fsp3) is 0.583. The molecule has 0 aliphatic rings. The first-order valence-corrected chi connectivity index (χ1v) is 6.31. The summed E-state index contributed by atoms with van der Waals surface area (Å²) in [6.07, 6.45) is 5.96. The van der Waals surface area contributed by atoms with E-state index in [0.29, 0.717) is 12.0 Å². The van der Waals surface area contributed by atoms with Gasteiger partial charge in [-0.05, 0) is 24.0 Å². The van der Waals surface area contributed by atoms with Gasteiger partial charge in [-0.2, -0.15) is 0 Å². The Balaban J connectivity index is 3.94. The number of esters is 1. The lowest BCUT2D eigenvalue weighted by atomic mass is 10.2. The molecule has 0 rings (SSSR count). The first-order chi connectivity index (χ1) is 7.26. The number of unbranched alkanes of at least 4 members (excludes halogenated alkanes) is 2. The zero-order valence-corrected chi connectivity index (χ0v) is 10.4. The van der Waals surface area contributed by atoms with E-state index in [1.165, 1.54) is 26.4 Å². The molecule has 15 heavy (non-hydrogen) atoms. The van der Waals surface area contributed by atoms with Crippen molar-refractivity contribution in [2.75, 3.05) is 12.9 Å². The minimum atomic E-state index is -0.252. The molecule has 2 nitrogen and oxygen atoms in total. The summed E-state index contributed by atoms with van der Waals surface area (Å²) < 4.78 is 4.67. The Kier molecular flexibility index (Phi) is 9.38. The summed E-state index contributed by atoms with van der Waals surface area (Å²) in [5, 5.41) is 1.89. The molecule has 0 heterocycles. The van der Waals surface area contributed by atoms with Crippen LogP contribution in [0.5, 0.6) is 0 Å². The van der Waals surface area contributed by atoms with Crippen molar-refractivity contribution in [3.8, 4) is 0 Å². The number of ether oxygens (including phenoxy) is 1. The number of rotatable bonds is 8. The Morgan fingerprint density at radius 2 is 2.20 bits per heavy atom. The first-order valence-electron chi connectivity index (χ1n) is 5.26. The van der Waals surface area contributed by atoms with Crippen LogP contribution >= 0.6 is 11.8 Å². The summed E-state index contributed by atoms with van der Waals surface area (Å²) in [7, 11) is 1.40. The number of thioether (sulfide) groups is 1. The highest BCUT2D eigenvalue weighted by Crippen LogP contribution is 2.14. The van der Waals surface area contributed by atoms with E-state index in [2.05, 4.69) is 18.2 Å². The molecule has 0 atom stereocenters. The Morgan fingerprint density at radius 3 is 2.73 bits per heavy atom. The number of carbonyl (C=O) groups is 1. The summed E-state index contributed by atoms with van der Waals surface area (Å²) in [6, 6.07) is 0. The summed E-state index contributed by atoms with van der Waals surface area (Å²) in [5.74, 6) is 0.809. The van der Waals surface area contributed by atoms with Crippen LogP contribution in [0.25, 0.3) is 0 Å². The van der Waals surface area contributed by atoms with E-state index in [0.717, 1.165) is 5.75 Å². The van der Waals surface area contributed by atoms with E-state index in [-0.39, 0.29) is 5.97 Å². The number of carbonyl (C=O) groups excluding carboxylic acids is 1. The minimum absolute atomic E-state index is 0.252. The molecule has 0 aliphatic carbocycles. The lowest BCUT2D eigenvalue weighted by Crippen LogP contribution is -2.03. The maximum absolute atomic E-state index is 11.3. The number of hydrogen-bond donors (Lipinski definition) is 0. The Labute approximate surface area is 96.8 Å². The second kappa shape index (κ2) is 9.84. The van der Waals surface area contributed by atoms with E-state index in [1.807, 2.05) is 5.41 Å². The molecule has 0 unspecified atom stereocenters. The SMILES string of the molecule is C=CC/C(=C\SCCCCC)C(=O)OC. The van der Waals surface area contributed by atoms with Crippen LogP contribution in [0.15, 0.2) is 23.6 Å². The summed E-state index contributed by atoms with van der Waals surface area (Å²) in [4.78, 5) is 11.3. The van der Waals surface area contributed by atoms with Crippen molar-refractivity contribution in [1.29, 1.82) is 0 Å². The average molecular weight is 228 g/mol. The predicted octanol–water partition coefficient (Wildman–Crippen LogP) is 3.54. The van der Waals surface area contributed by atoms with Crippen molar-refractivity contribution in [3.05, 3.63) is 23.6 Å². The lowest BCUT2D eigenvalue weighted by Gasteiger charge is -2.02. The third kappa shape index (κ3) is 7.25. The van der Waals surface area contributed by atoms with Gasteiger partial charge in [0.05, 0.1) is 7.11 Å². The normalized spacial score (nSPS) is 11.2. The molecular weight excluding hydrogens is 208 g/mol. The van der Waals surface area contributed by atoms with Crippen LogP contribution in [0.2, 0.25) is 0 Å². The summed E-state index contributed by atoms with van der Waals surface area (Å²) in [6.45, 7) is 5.80. The topological polar surface area (TPSA) is 26.3 Å². The molecule has 0 bridgehead atoms.